The third-order valence-electron chi connectivity index (χ3n) is 1.79. The zero-order chi connectivity index (χ0) is 6.04. The van der Waals surface area contributed by atoms with Gasteiger partial charge in [0.25, 0.3) is 0 Å². The fourth-order valence-electron chi connectivity index (χ4n) is 1.00. The minimum Gasteiger partial charge on any atom is -1.00 e. The van der Waals surface area contributed by atoms with E-state index in [9.17, 15) is 0 Å². The molecule has 0 amide bonds. The molecule has 1 aliphatic heterocycles. The van der Waals surface area contributed by atoms with E-state index in [0.717, 1.165) is 0 Å². The molecular weight excluding hydrogens is 227 g/mol. The molecule has 0 aromatic heterocycles. The van der Waals surface area contributed by atoms with E-state index < -0.39 is 0 Å². The van der Waals surface area contributed by atoms with E-state index >= 15 is 0 Å². The maximum atomic E-state index is 3.32. The Bertz CT molecular complexity index is 75.1. The molecule has 0 radical (unpaired) electrons. The van der Waals surface area contributed by atoms with Gasteiger partial charge in [0, 0.05) is 13.1 Å². The van der Waals surface area contributed by atoms with Crippen molar-refractivity contribution in [1.82, 2.24) is 5.32 Å². The molecule has 0 bridgehead atoms. The van der Waals surface area contributed by atoms with Crippen LogP contribution in [0.1, 0.15) is 0 Å². The van der Waals surface area contributed by atoms with Crippen molar-refractivity contribution in [3.63, 3.8) is 0 Å². The first-order valence-corrected chi connectivity index (χ1v) is 3.23. The highest BCUT2D eigenvalue weighted by molar-refractivity contribution is 4.51. The predicted molar refractivity (Wildman–Crippen MR) is 34.7 cm³/mol. The van der Waals surface area contributed by atoms with Crippen molar-refractivity contribution in [2.75, 3.05) is 40.3 Å². The molecule has 2 nitrogen and oxygen atoms in total. The molecule has 0 unspecified atom stereocenters. The first kappa shape index (κ1) is 9.65. The second-order valence-electron chi connectivity index (χ2n) is 3.13. The summed E-state index contributed by atoms with van der Waals surface area (Å²) >= 11 is 0. The molecule has 0 spiro atoms. The Morgan fingerprint density at radius 3 is 1.78 bits per heavy atom. The highest BCUT2D eigenvalue weighted by atomic mass is 127. The molecule has 0 atom stereocenters. The average molecular weight is 242 g/mol. The van der Waals surface area contributed by atoms with Crippen molar-refractivity contribution < 1.29 is 28.5 Å². The van der Waals surface area contributed by atoms with Gasteiger partial charge in [0.15, 0.2) is 0 Å². The van der Waals surface area contributed by atoms with E-state index in [2.05, 4.69) is 19.4 Å². The summed E-state index contributed by atoms with van der Waals surface area (Å²) in [6.45, 7) is 4.93. The van der Waals surface area contributed by atoms with Crippen molar-refractivity contribution in [3.05, 3.63) is 0 Å². The van der Waals surface area contributed by atoms with Crippen molar-refractivity contribution in [2.45, 2.75) is 0 Å². The molecule has 1 fully saturated rings. The van der Waals surface area contributed by atoms with E-state index in [1.165, 1.54) is 30.7 Å². The molecule has 56 valence electrons. The van der Waals surface area contributed by atoms with Gasteiger partial charge in [0.05, 0.1) is 27.2 Å². The van der Waals surface area contributed by atoms with E-state index in [1.54, 1.807) is 0 Å². The molecule has 1 heterocycles. The van der Waals surface area contributed by atoms with Crippen LogP contribution in [0.15, 0.2) is 0 Å². The Kier molecular flexibility index (Phi) is 4.00. The SMILES string of the molecule is C[N+]1(C)CCNCC1.[I-]. The van der Waals surface area contributed by atoms with Crippen LogP contribution in [0.5, 0.6) is 0 Å². The lowest BCUT2D eigenvalue weighted by atomic mass is 10.3. The molecule has 0 saturated carbocycles. The fraction of sp³-hybridized carbons (Fsp3) is 1.00. The Morgan fingerprint density at radius 2 is 1.56 bits per heavy atom. The van der Waals surface area contributed by atoms with Crippen LogP contribution in [-0.2, 0) is 0 Å². The smallest absolute Gasteiger partial charge is 0.0909 e. The van der Waals surface area contributed by atoms with Crippen LogP contribution in [0.4, 0.5) is 0 Å². The van der Waals surface area contributed by atoms with Crippen LogP contribution in [0.2, 0.25) is 0 Å². The number of quaternary nitrogens is 1. The topological polar surface area (TPSA) is 12.0 Å². The zero-order valence-electron chi connectivity index (χ0n) is 6.15. The van der Waals surface area contributed by atoms with E-state index in [4.69, 9.17) is 0 Å². The van der Waals surface area contributed by atoms with Crippen molar-refractivity contribution >= 4 is 0 Å². The minimum absolute atomic E-state index is 0. The lowest BCUT2D eigenvalue weighted by Crippen LogP contribution is -3.00. The Morgan fingerprint density at radius 1 is 1.11 bits per heavy atom. The summed E-state index contributed by atoms with van der Waals surface area (Å²) in [5.74, 6) is 0. The van der Waals surface area contributed by atoms with Gasteiger partial charge in [0.1, 0.15) is 0 Å². The van der Waals surface area contributed by atoms with Gasteiger partial charge in [-0.15, -0.1) is 0 Å². The summed E-state index contributed by atoms with van der Waals surface area (Å²) in [7, 11) is 4.56. The Labute approximate surface area is 74.2 Å². The summed E-state index contributed by atoms with van der Waals surface area (Å²) < 4.78 is 1.19. The highest BCUT2D eigenvalue weighted by Crippen LogP contribution is 1.96. The molecular formula is C6H15IN2. The normalized spacial score (nSPS) is 24.7. The number of nitrogens with zero attached hydrogens (tertiary/aromatic N) is 1. The van der Waals surface area contributed by atoms with Crippen LogP contribution < -0.4 is 29.3 Å². The van der Waals surface area contributed by atoms with Crippen LogP contribution >= 0.6 is 0 Å². The number of hydrogen-bond donors (Lipinski definition) is 1. The Balaban J connectivity index is 0.000000640. The number of hydrogen-bond acceptors (Lipinski definition) is 1. The van der Waals surface area contributed by atoms with Crippen molar-refractivity contribution in [1.29, 1.82) is 0 Å². The molecule has 1 aliphatic rings. The van der Waals surface area contributed by atoms with Gasteiger partial charge in [-0.3, -0.25) is 0 Å². The van der Waals surface area contributed by atoms with E-state index in [-0.39, 0.29) is 24.0 Å². The molecule has 0 aromatic carbocycles. The van der Waals surface area contributed by atoms with Gasteiger partial charge in [0.2, 0.25) is 0 Å². The molecule has 1 rings (SSSR count). The predicted octanol–water partition coefficient (Wildman–Crippen LogP) is -3.33. The van der Waals surface area contributed by atoms with Gasteiger partial charge in [-0.2, -0.15) is 0 Å². The summed E-state index contributed by atoms with van der Waals surface area (Å²) in [6, 6.07) is 0. The third-order valence-corrected chi connectivity index (χ3v) is 1.79. The number of nitrogens with one attached hydrogen (secondary N) is 1. The monoisotopic (exact) mass is 242 g/mol. The average Bonchev–Trinajstić information content (AvgIpc) is 1.65. The number of likely N-dealkylation sites (N-methyl/N-ethyl adjacent to an activating group) is 1. The summed E-state index contributed by atoms with van der Waals surface area (Å²) in [5.41, 5.74) is 0. The van der Waals surface area contributed by atoms with Crippen LogP contribution in [0.3, 0.4) is 0 Å². The summed E-state index contributed by atoms with van der Waals surface area (Å²) in [6.07, 6.45) is 0. The van der Waals surface area contributed by atoms with Crippen LogP contribution in [0.25, 0.3) is 0 Å². The van der Waals surface area contributed by atoms with E-state index in [1.807, 2.05) is 0 Å². The summed E-state index contributed by atoms with van der Waals surface area (Å²) in [4.78, 5) is 0. The molecule has 0 aliphatic carbocycles. The van der Waals surface area contributed by atoms with Gasteiger partial charge in [-0.25, -0.2) is 0 Å². The number of halogens is 1. The van der Waals surface area contributed by atoms with Gasteiger partial charge >= 0.3 is 0 Å². The van der Waals surface area contributed by atoms with Gasteiger partial charge < -0.3 is 33.8 Å². The van der Waals surface area contributed by atoms with Crippen molar-refractivity contribution in [2.24, 2.45) is 0 Å². The van der Waals surface area contributed by atoms with Gasteiger partial charge in [-0.05, 0) is 0 Å². The quantitative estimate of drug-likeness (QED) is 0.346. The first-order chi connectivity index (χ1) is 3.71. The van der Waals surface area contributed by atoms with Gasteiger partial charge in [-0.1, -0.05) is 0 Å². The second-order valence-corrected chi connectivity index (χ2v) is 3.13. The lowest BCUT2D eigenvalue weighted by Gasteiger charge is -2.33. The zero-order valence-corrected chi connectivity index (χ0v) is 8.31. The highest BCUT2D eigenvalue weighted by Gasteiger charge is 2.17. The fourth-order valence-corrected chi connectivity index (χ4v) is 1.00. The molecule has 3 heteroatoms. The second kappa shape index (κ2) is 3.73. The minimum atomic E-state index is 0. The molecule has 0 aromatic rings. The number of piperazine rings is 1. The van der Waals surface area contributed by atoms with Crippen molar-refractivity contribution in [3.8, 4) is 0 Å². The first-order valence-electron chi connectivity index (χ1n) is 3.23. The molecule has 1 N–H and O–H groups in total. The standard InChI is InChI=1S/C6H15N2.HI/c1-8(2)5-3-7-4-6-8;/h7H,3-6H2,1-2H3;1H/q+1;/p-1. The molecule has 1 saturated heterocycles. The molecule has 9 heavy (non-hydrogen) atoms. The Hall–Kier alpha value is 0.650. The third kappa shape index (κ3) is 3.37. The maximum Gasteiger partial charge on any atom is 0.0909 e. The van der Waals surface area contributed by atoms with E-state index in [0.29, 0.717) is 0 Å². The number of rotatable bonds is 0. The van der Waals surface area contributed by atoms with Crippen LogP contribution in [-0.4, -0.2) is 44.8 Å². The maximum absolute atomic E-state index is 3.32. The largest absolute Gasteiger partial charge is 1.00 e. The lowest BCUT2D eigenvalue weighted by molar-refractivity contribution is -0.891. The van der Waals surface area contributed by atoms with Crippen LogP contribution in [0, 0.1) is 0 Å². The summed E-state index contributed by atoms with van der Waals surface area (Å²) in [5, 5.41) is 3.32.